The molecule has 3 heteroatoms. The van der Waals surface area contributed by atoms with E-state index >= 15 is 0 Å². The van der Waals surface area contributed by atoms with E-state index in [0.717, 1.165) is 24.6 Å². The predicted molar refractivity (Wildman–Crippen MR) is 85.2 cm³/mol. The quantitative estimate of drug-likeness (QED) is 0.794. The van der Waals surface area contributed by atoms with Gasteiger partial charge in [-0.1, -0.05) is 44.4 Å². The molecule has 1 saturated carbocycles. The van der Waals surface area contributed by atoms with Gasteiger partial charge in [-0.25, -0.2) is 0 Å². The van der Waals surface area contributed by atoms with E-state index in [2.05, 4.69) is 19.2 Å². The summed E-state index contributed by atoms with van der Waals surface area (Å²) in [5.74, 6) is 0.917. The standard InChI is InChI=1S/C17H26ClNO/c1-13(2)10-17(7-3-4-8-17)12-19-11-14-5-6-16(20)15(18)9-14/h5-6,9,13,19-20H,3-4,7-8,10-12H2,1-2H3. The fraction of sp³-hybridized carbons (Fsp3) is 0.647. The Hall–Kier alpha value is -0.730. The van der Waals surface area contributed by atoms with Gasteiger partial charge in [0.2, 0.25) is 0 Å². The molecule has 1 aliphatic carbocycles. The molecule has 112 valence electrons. The lowest BCUT2D eigenvalue weighted by Gasteiger charge is -2.31. The van der Waals surface area contributed by atoms with Gasteiger partial charge in [0, 0.05) is 13.1 Å². The number of hydrogen-bond donors (Lipinski definition) is 2. The van der Waals surface area contributed by atoms with E-state index in [9.17, 15) is 5.11 Å². The summed E-state index contributed by atoms with van der Waals surface area (Å²) >= 11 is 5.94. The monoisotopic (exact) mass is 295 g/mol. The van der Waals surface area contributed by atoms with Crippen LogP contribution in [0.15, 0.2) is 18.2 Å². The zero-order valence-electron chi connectivity index (χ0n) is 12.6. The van der Waals surface area contributed by atoms with Crippen LogP contribution >= 0.6 is 11.6 Å². The lowest BCUT2D eigenvalue weighted by Crippen LogP contribution is -2.33. The summed E-state index contributed by atoms with van der Waals surface area (Å²) in [6.45, 7) is 6.54. The summed E-state index contributed by atoms with van der Waals surface area (Å²) in [5.41, 5.74) is 1.63. The van der Waals surface area contributed by atoms with E-state index in [1.807, 2.05) is 12.1 Å². The molecule has 1 aromatic rings. The Kier molecular flexibility index (Phi) is 5.34. The zero-order chi connectivity index (χ0) is 14.6. The highest BCUT2D eigenvalue weighted by Crippen LogP contribution is 2.42. The molecule has 0 amide bonds. The van der Waals surface area contributed by atoms with E-state index < -0.39 is 0 Å². The topological polar surface area (TPSA) is 32.3 Å². The minimum absolute atomic E-state index is 0.155. The summed E-state index contributed by atoms with van der Waals surface area (Å²) in [7, 11) is 0. The largest absolute Gasteiger partial charge is 0.506 e. The van der Waals surface area contributed by atoms with Gasteiger partial charge in [-0.2, -0.15) is 0 Å². The lowest BCUT2D eigenvalue weighted by atomic mass is 9.78. The van der Waals surface area contributed by atoms with Gasteiger partial charge in [0.15, 0.2) is 0 Å². The second-order valence-corrected chi connectivity index (χ2v) is 7.10. The molecule has 0 heterocycles. The van der Waals surface area contributed by atoms with E-state index in [-0.39, 0.29) is 5.75 Å². The molecular weight excluding hydrogens is 270 g/mol. The van der Waals surface area contributed by atoms with Crippen LogP contribution in [0, 0.1) is 11.3 Å². The summed E-state index contributed by atoms with van der Waals surface area (Å²) in [6, 6.07) is 5.43. The molecule has 0 bridgehead atoms. The Morgan fingerprint density at radius 2 is 2.00 bits per heavy atom. The molecule has 2 nitrogen and oxygen atoms in total. The predicted octanol–water partition coefficient (Wildman–Crippen LogP) is 4.74. The molecule has 0 aliphatic heterocycles. The van der Waals surface area contributed by atoms with E-state index in [1.54, 1.807) is 6.07 Å². The Bertz CT molecular complexity index is 439. The van der Waals surface area contributed by atoms with Crippen molar-refractivity contribution in [2.45, 2.75) is 52.5 Å². The number of benzene rings is 1. The Balaban J connectivity index is 1.88. The number of halogens is 1. The third-order valence-electron chi connectivity index (χ3n) is 4.35. The van der Waals surface area contributed by atoms with Crippen LogP contribution in [-0.2, 0) is 6.54 Å². The first-order valence-corrected chi connectivity index (χ1v) is 8.07. The Morgan fingerprint density at radius 3 is 2.60 bits per heavy atom. The van der Waals surface area contributed by atoms with Crippen LogP contribution in [0.25, 0.3) is 0 Å². The number of phenolic OH excluding ortho intramolecular Hbond substituents is 1. The minimum Gasteiger partial charge on any atom is -0.506 e. The molecule has 0 saturated heterocycles. The van der Waals surface area contributed by atoms with Crippen molar-refractivity contribution in [2.24, 2.45) is 11.3 Å². The van der Waals surface area contributed by atoms with Crippen molar-refractivity contribution < 1.29 is 5.11 Å². The summed E-state index contributed by atoms with van der Waals surface area (Å²) < 4.78 is 0. The number of aromatic hydroxyl groups is 1. The summed E-state index contributed by atoms with van der Waals surface area (Å²) in [6.07, 6.45) is 6.78. The fourth-order valence-electron chi connectivity index (χ4n) is 3.58. The average molecular weight is 296 g/mol. The third-order valence-corrected chi connectivity index (χ3v) is 4.65. The van der Waals surface area contributed by atoms with Crippen molar-refractivity contribution in [1.29, 1.82) is 0 Å². The van der Waals surface area contributed by atoms with Crippen molar-refractivity contribution in [3.63, 3.8) is 0 Å². The van der Waals surface area contributed by atoms with Crippen LogP contribution in [0.1, 0.15) is 51.5 Å². The maximum atomic E-state index is 9.43. The molecule has 0 aromatic heterocycles. The van der Waals surface area contributed by atoms with Crippen LogP contribution < -0.4 is 5.32 Å². The van der Waals surface area contributed by atoms with Crippen LogP contribution in [0.3, 0.4) is 0 Å². The summed E-state index contributed by atoms with van der Waals surface area (Å²) in [4.78, 5) is 0. The Labute approximate surface area is 127 Å². The highest BCUT2D eigenvalue weighted by molar-refractivity contribution is 6.32. The molecule has 1 aliphatic rings. The molecule has 0 atom stereocenters. The first kappa shape index (κ1) is 15.7. The first-order valence-electron chi connectivity index (χ1n) is 7.69. The van der Waals surface area contributed by atoms with Gasteiger partial charge >= 0.3 is 0 Å². The van der Waals surface area contributed by atoms with E-state index in [4.69, 9.17) is 11.6 Å². The second kappa shape index (κ2) is 6.82. The van der Waals surface area contributed by atoms with Gasteiger partial charge < -0.3 is 10.4 Å². The minimum atomic E-state index is 0.155. The molecular formula is C17H26ClNO. The SMILES string of the molecule is CC(C)CC1(CNCc2ccc(O)c(Cl)c2)CCCC1. The van der Waals surface area contributed by atoms with Gasteiger partial charge in [-0.05, 0) is 48.3 Å². The maximum absolute atomic E-state index is 9.43. The molecule has 2 rings (SSSR count). The van der Waals surface area contributed by atoms with E-state index in [0.29, 0.717) is 10.4 Å². The molecule has 1 fully saturated rings. The highest BCUT2D eigenvalue weighted by atomic mass is 35.5. The molecule has 0 radical (unpaired) electrons. The fourth-order valence-corrected chi connectivity index (χ4v) is 3.78. The van der Waals surface area contributed by atoms with Crippen molar-refractivity contribution in [2.75, 3.05) is 6.54 Å². The highest BCUT2D eigenvalue weighted by Gasteiger charge is 2.33. The number of nitrogens with one attached hydrogen (secondary N) is 1. The number of rotatable bonds is 6. The van der Waals surface area contributed by atoms with E-state index in [1.165, 1.54) is 32.1 Å². The molecule has 20 heavy (non-hydrogen) atoms. The van der Waals surface area contributed by atoms with Gasteiger partial charge in [-0.15, -0.1) is 0 Å². The van der Waals surface area contributed by atoms with Gasteiger partial charge in [0.1, 0.15) is 5.75 Å². The third kappa shape index (κ3) is 4.13. The molecule has 1 aromatic carbocycles. The van der Waals surface area contributed by atoms with Gasteiger partial charge in [-0.3, -0.25) is 0 Å². The second-order valence-electron chi connectivity index (χ2n) is 6.69. The average Bonchev–Trinajstić information content (AvgIpc) is 2.81. The smallest absolute Gasteiger partial charge is 0.134 e. The normalized spacial score (nSPS) is 17.8. The van der Waals surface area contributed by atoms with Crippen LogP contribution in [0.2, 0.25) is 5.02 Å². The van der Waals surface area contributed by atoms with Crippen LogP contribution in [-0.4, -0.2) is 11.7 Å². The van der Waals surface area contributed by atoms with Crippen LogP contribution in [0.5, 0.6) is 5.75 Å². The zero-order valence-corrected chi connectivity index (χ0v) is 13.3. The van der Waals surface area contributed by atoms with Crippen molar-refractivity contribution >= 4 is 11.6 Å². The molecule has 0 spiro atoms. The van der Waals surface area contributed by atoms with Gasteiger partial charge in [0.25, 0.3) is 0 Å². The lowest BCUT2D eigenvalue weighted by molar-refractivity contribution is 0.223. The first-order chi connectivity index (χ1) is 9.51. The van der Waals surface area contributed by atoms with Crippen molar-refractivity contribution in [3.05, 3.63) is 28.8 Å². The number of phenols is 1. The van der Waals surface area contributed by atoms with Crippen molar-refractivity contribution in [1.82, 2.24) is 5.32 Å². The number of hydrogen-bond acceptors (Lipinski definition) is 2. The molecule has 2 N–H and O–H groups in total. The van der Waals surface area contributed by atoms with Gasteiger partial charge in [0.05, 0.1) is 5.02 Å². The van der Waals surface area contributed by atoms with Crippen molar-refractivity contribution in [3.8, 4) is 5.75 Å². The Morgan fingerprint density at radius 1 is 1.30 bits per heavy atom. The van der Waals surface area contributed by atoms with Crippen LogP contribution in [0.4, 0.5) is 0 Å². The maximum Gasteiger partial charge on any atom is 0.134 e. The molecule has 0 unspecified atom stereocenters. The summed E-state index contributed by atoms with van der Waals surface area (Å²) in [5, 5.41) is 13.5.